The lowest BCUT2D eigenvalue weighted by Crippen LogP contribution is -2.47. The van der Waals surface area contributed by atoms with Crippen molar-refractivity contribution in [3.8, 4) is 0 Å². The maximum atomic E-state index is 12.6. The fourth-order valence-corrected chi connectivity index (χ4v) is 3.50. The van der Waals surface area contributed by atoms with Crippen LogP contribution in [0.25, 0.3) is 0 Å². The Morgan fingerprint density at radius 2 is 1.87 bits per heavy atom. The number of carbonyl (C=O) groups excluding carboxylic acids is 1. The molecule has 1 aromatic carbocycles. The van der Waals surface area contributed by atoms with Crippen molar-refractivity contribution >= 4 is 21.6 Å². The van der Waals surface area contributed by atoms with Gasteiger partial charge in [0.15, 0.2) is 5.79 Å². The summed E-state index contributed by atoms with van der Waals surface area (Å²) >= 11 is 0. The summed E-state index contributed by atoms with van der Waals surface area (Å²) in [5.41, 5.74) is 0.845. The number of nitrogens with one attached hydrogen (secondary N) is 1. The highest BCUT2D eigenvalue weighted by atomic mass is 32.2. The van der Waals surface area contributed by atoms with Gasteiger partial charge in [-0.3, -0.25) is 9.52 Å². The van der Waals surface area contributed by atoms with Crippen molar-refractivity contribution in [3.05, 3.63) is 29.8 Å². The minimum absolute atomic E-state index is 0.116. The van der Waals surface area contributed by atoms with Crippen LogP contribution in [-0.2, 0) is 19.5 Å². The number of anilines is 1. The van der Waals surface area contributed by atoms with Crippen molar-refractivity contribution in [1.29, 1.82) is 0 Å². The summed E-state index contributed by atoms with van der Waals surface area (Å²) in [4.78, 5) is 14.3. The normalized spacial score (nSPS) is 20.7. The van der Waals surface area contributed by atoms with Gasteiger partial charge in [0, 0.05) is 37.2 Å². The first-order valence-corrected chi connectivity index (χ1v) is 9.41. The Kier molecular flexibility index (Phi) is 4.31. The van der Waals surface area contributed by atoms with E-state index in [9.17, 15) is 13.2 Å². The highest BCUT2D eigenvalue weighted by Crippen LogP contribution is 2.31. The second kappa shape index (κ2) is 6.10. The molecular formula is C15H20N2O5S. The van der Waals surface area contributed by atoms with E-state index in [4.69, 9.17) is 9.47 Å². The molecule has 2 fully saturated rings. The second-order valence-corrected chi connectivity index (χ2v) is 7.60. The monoisotopic (exact) mass is 340 g/mol. The molecule has 2 saturated heterocycles. The van der Waals surface area contributed by atoms with E-state index in [1.165, 1.54) is 0 Å². The van der Waals surface area contributed by atoms with E-state index in [2.05, 4.69) is 4.72 Å². The third-order valence-corrected chi connectivity index (χ3v) is 4.65. The molecule has 1 spiro atoms. The first-order chi connectivity index (χ1) is 10.9. The van der Waals surface area contributed by atoms with Gasteiger partial charge >= 0.3 is 0 Å². The summed E-state index contributed by atoms with van der Waals surface area (Å²) < 4.78 is 36.3. The average Bonchev–Trinajstić information content (AvgIpc) is 2.94. The molecule has 2 heterocycles. The number of likely N-dealkylation sites (tertiary alicyclic amines) is 1. The van der Waals surface area contributed by atoms with Crippen molar-refractivity contribution in [1.82, 2.24) is 4.90 Å². The Morgan fingerprint density at radius 1 is 1.22 bits per heavy atom. The molecule has 8 heteroatoms. The van der Waals surface area contributed by atoms with E-state index in [1.54, 1.807) is 29.2 Å². The van der Waals surface area contributed by atoms with Gasteiger partial charge < -0.3 is 14.4 Å². The number of ether oxygens (including phenoxy) is 2. The zero-order valence-electron chi connectivity index (χ0n) is 12.9. The van der Waals surface area contributed by atoms with Crippen molar-refractivity contribution in [2.24, 2.45) is 0 Å². The highest BCUT2D eigenvalue weighted by molar-refractivity contribution is 7.92. The Morgan fingerprint density at radius 3 is 2.48 bits per heavy atom. The van der Waals surface area contributed by atoms with Crippen LogP contribution in [0, 0.1) is 0 Å². The molecule has 0 radical (unpaired) electrons. The Hall–Kier alpha value is -1.64. The minimum Gasteiger partial charge on any atom is -0.347 e. The van der Waals surface area contributed by atoms with Crippen molar-refractivity contribution in [2.45, 2.75) is 18.6 Å². The SMILES string of the molecule is CS(=O)(=O)Nc1cccc(C(=O)N2CCC3(CC2)OCCO3)c1. The van der Waals surface area contributed by atoms with E-state index in [-0.39, 0.29) is 5.91 Å². The molecule has 0 unspecified atom stereocenters. The molecule has 0 saturated carbocycles. The first kappa shape index (κ1) is 16.2. The molecule has 0 bridgehead atoms. The van der Waals surface area contributed by atoms with E-state index in [0.717, 1.165) is 6.26 Å². The van der Waals surface area contributed by atoms with Crippen LogP contribution < -0.4 is 4.72 Å². The van der Waals surface area contributed by atoms with Gasteiger partial charge in [-0.2, -0.15) is 0 Å². The van der Waals surface area contributed by atoms with E-state index < -0.39 is 15.8 Å². The van der Waals surface area contributed by atoms with Crippen LogP contribution in [0.1, 0.15) is 23.2 Å². The number of rotatable bonds is 3. The molecule has 3 rings (SSSR count). The van der Waals surface area contributed by atoms with Crippen LogP contribution in [0.5, 0.6) is 0 Å². The third-order valence-electron chi connectivity index (χ3n) is 4.04. The van der Waals surface area contributed by atoms with E-state index >= 15 is 0 Å². The highest BCUT2D eigenvalue weighted by Gasteiger charge is 2.40. The summed E-state index contributed by atoms with van der Waals surface area (Å²) in [6.45, 7) is 2.32. The van der Waals surface area contributed by atoms with Gasteiger partial charge in [-0.15, -0.1) is 0 Å². The lowest BCUT2D eigenvalue weighted by molar-refractivity contribution is -0.181. The van der Waals surface area contributed by atoms with Crippen LogP contribution in [0.3, 0.4) is 0 Å². The lowest BCUT2D eigenvalue weighted by Gasteiger charge is -2.37. The number of nitrogens with zero attached hydrogens (tertiary/aromatic N) is 1. The first-order valence-electron chi connectivity index (χ1n) is 7.52. The quantitative estimate of drug-likeness (QED) is 0.888. The van der Waals surface area contributed by atoms with Crippen LogP contribution in [0.4, 0.5) is 5.69 Å². The zero-order valence-corrected chi connectivity index (χ0v) is 13.8. The molecule has 1 aromatic rings. The summed E-state index contributed by atoms with van der Waals surface area (Å²) in [6, 6.07) is 6.51. The molecule has 0 aliphatic carbocycles. The number of hydrogen-bond donors (Lipinski definition) is 1. The largest absolute Gasteiger partial charge is 0.347 e. The fraction of sp³-hybridized carbons (Fsp3) is 0.533. The Labute approximate surface area is 135 Å². The van der Waals surface area contributed by atoms with E-state index in [1.807, 2.05) is 0 Å². The number of benzene rings is 1. The van der Waals surface area contributed by atoms with Crippen LogP contribution in [0.15, 0.2) is 24.3 Å². The molecule has 0 aromatic heterocycles. The van der Waals surface area contributed by atoms with Crippen LogP contribution in [-0.4, -0.2) is 57.6 Å². The lowest BCUT2D eigenvalue weighted by atomic mass is 10.0. The molecular weight excluding hydrogens is 320 g/mol. The number of piperidine rings is 1. The third kappa shape index (κ3) is 3.82. The number of sulfonamides is 1. The predicted molar refractivity (Wildman–Crippen MR) is 84.7 cm³/mol. The molecule has 1 amide bonds. The predicted octanol–water partition coefficient (Wildman–Crippen LogP) is 1.04. The smallest absolute Gasteiger partial charge is 0.253 e. The summed E-state index contributed by atoms with van der Waals surface area (Å²) in [5, 5.41) is 0. The van der Waals surface area contributed by atoms with Gasteiger partial charge in [0.1, 0.15) is 0 Å². The molecule has 2 aliphatic heterocycles. The Bertz CT molecular complexity index is 688. The fourth-order valence-electron chi connectivity index (χ4n) is 2.95. The van der Waals surface area contributed by atoms with Gasteiger partial charge in [0.2, 0.25) is 10.0 Å². The maximum absolute atomic E-state index is 12.6. The number of carbonyl (C=O) groups is 1. The molecule has 7 nitrogen and oxygen atoms in total. The Balaban J connectivity index is 1.68. The molecule has 2 aliphatic rings. The van der Waals surface area contributed by atoms with Crippen molar-refractivity contribution < 1.29 is 22.7 Å². The van der Waals surface area contributed by atoms with Gasteiger partial charge in [-0.05, 0) is 18.2 Å². The van der Waals surface area contributed by atoms with Crippen molar-refractivity contribution in [2.75, 3.05) is 37.3 Å². The van der Waals surface area contributed by atoms with Crippen LogP contribution in [0.2, 0.25) is 0 Å². The van der Waals surface area contributed by atoms with Gasteiger partial charge in [0.05, 0.1) is 19.5 Å². The number of hydrogen-bond acceptors (Lipinski definition) is 5. The molecule has 1 N–H and O–H groups in total. The second-order valence-electron chi connectivity index (χ2n) is 5.85. The minimum atomic E-state index is -3.37. The molecule has 126 valence electrons. The molecule has 23 heavy (non-hydrogen) atoms. The zero-order chi connectivity index (χ0) is 16.5. The summed E-state index contributed by atoms with van der Waals surface area (Å²) in [5.74, 6) is -0.633. The van der Waals surface area contributed by atoms with Gasteiger partial charge in [0.25, 0.3) is 5.91 Å². The van der Waals surface area contributed by atoms with Gasteiger partial charge in [-0.1, -0.05) is 6.07 Å². The topological polar surface area (TPSA) is 84.9 Å². The summed E-state index contributed by atoms with van der Waals surface area (Å²) in [7, 11) is -3.37. The number of amides is 1. The average molecular weight is 340 g/mol. The van der Waals surface area contributed by atoms with E-state index in [0.29, 0.717) is 50.4 Å². The molecule has 0 atom stereocenters. The standard InChI is InChI=1S/C15H20N2O5S/c1-23(19,20)16-13-4-2-3-12(11-13)14(18)17-7-5-15(6-8-17)21-9-10-22-15/h2-4,11,16H,5-10H2,1H3. The van der Waals surface area contributed by atoms with Crippen LogP contribution >= 0.6 is 0 Å². The van der Waals surface area contributed by atoms with Gasteiger partial charge in [-0.25, -0.2) is 8.42 Å². The maximum Gasteiger partial charge on any atom is 0.253 e. The van der Waals surface area contributed by atoms with Crippen molar-refractivity contribution in [3.63, 3.8) is 0 Å². The summed E-state index contributed by atoms with van der Waals surface area (Å²) in [6.07, 6.45) is 2.38.